The average molecular weight is 355 g/mol. The quantitative estimate of drug-likeness (QED) is 0.461. The highest BCUT2D eigenvalue weighted by atomic mass is 28.4. The Labute approximate surface area is 147 Å². The van der Waals surface area contributed by atoms with Crippen molar-refractivity contribution >= 4 is 16.6 Å². The molecule has 134 valence electrons. The summed E-state index contributed by atoms with van der Waals surface area (Å²) in [4.78, 5) is 0. The highest BCUT2D eigenvalue weighted by Gasteiger charge is 2.51. The molecule has 23 heavy (non-hydrogen) atoms. The van der Waals surface area contributed by atoms with Crippen molar-refractivity contribution in [3.05, 3.63) is 0 Å². The molecular weight excluding hydrogens is 316 g/mol. The van der Waals surface area contributed by atoms with Crippen molar-refractivity contribution in [2.75, 3.05) is 13.2 Å². The maximum atomic E-state index is 6.38. The van der Waals surface area contributed by atoms with Gasteiger partial charge in [-0.2, -0.15) is 0 Å². The van der Waals surface area contributed by atoms with E-state index < -0.39 is 16.6 Å². The van der Waals surface area contributed by atoms with Crippen molar-refractivity contribution in [1.82, 2.24) is 0 Å². The summed E-state index contributed by atoms with van der Waals surface area (Å²) >= 11 is 0. The summed E-state index contributed by atoms with van der Waals surface area (Å²) in [6.45, 7) is 24.5. The molecule has 0 aromatic heterocycles. The van der Waals surface area contributed by atoms with Gasteiger partial charge in [-0.3, -0.25) is 0 Å². The third kappa shape index (κ3) is 4.95. The second-order valence-electron chi connectivity index (χ2n) is 10.2. The van der Waals surface area contributed by atoms with Crippen molar-refractivity contribution < 1.29 is 8.85 Å². The third-order valence-electron chi connectivity index (χ3n) is 6.41. The lowest BCUT2D eigenvalue weighted by Crippen LogP contribution is -2.42. The Morgan fingerprint density at radius 2 is 1.09 bits per heavy atom. The molecule has 0 saturated heterocycles. The minimum atomic E-state index is -1.69. The van der Waals surface area contributed by atoms with Crippen molar-refractivity contribution in [3.8, 4) is 12.3 Å². The second-order valence-corrected chi connectivity index (χ2v) is 19.8. The molecule has 1 aliphatic carbocycles. The van der Waals surface area contributed by atoms with Gasteiger partial charge in [0.15, 0.2) is 16.6 Å². The number of hydrogen-bond acceptors (Lipinski definition) is 2. The van der Waals surface area contributed by atoms with Crippen molar-refractivity contribution in [3.63, 3.8) is 0 Å². The molecule has 0 heterocycles. The Morgan fingerprint density at radius 3 is 1.30 bits per heavy atom. The molecule has 0 bridgehead atoms. The summed E-state index contributed by atoms with van der Waals surface area (Å²) < 4.78 is 12.8. The van der Waals surface area contributed by atoms with E-state index in [1.54, 1.807) is 0 Å². The van der Waals surface area contributed by atoms with Gasteiger partial charge in [-0.15, -0.1) is 12.3 Å². The summed E-state index contributed by atoms with van der Waals surface area (Å²) in [5.74, 6) is 4.27. The number of hydrogen-bond donors (Lipinski definition) is 0. The molecule has 2 nitrogen and oxygen atoms in total. The van der Waals surface area contributed by atoms with Gasteiger partial charge in [-0.05, 0) is 36.3 Å². The molecule has 2 unspecified atom stereocenters. The SMILES string of the molecule is C#CC1C(CO[Si](C)(C)C(C)(C)C)C1CO[Si](C)(C)C(C)(C)C. The van der Waals surface area contributed by atoms with Gasteiger partial charge >= 0.3 is 0 Å². The van der Waals surface area contributed by atoms with Crippen LogP contribution in [0.4, 0.5) is 0 Å². The van der Waals surface area contributed by atoms with E-state index in [1.165, 1.54) is 0 Å². The van der Waals surface area contributed by atoms with Gasteiger partial charge in [0.05, 0.1) is 0 Å². The first-order valence-corrected chi connectivity index (χ1v) is 14.7. The van der Waals surface area contributed by atoms with Gasteiger partial charge in [-0.1, -0.05) is 41.5 Å². The fourth-order valence-electron chi connectivity index (χ4n) is 2.19. The molecule has 1 fully saturated rings. The highest BCUT2D eigenvalue weighted by Crippen LogP contribution is 2.49. The molecule has 1 rings (SSSR count). The molecule has 0 aromatic carbocycles. The van der Waals surface area contributed by atoms with E-state index in [9.17, 15) is 0 Å². The van der Waals surface area contributed by atoms with Crippen molar-refractivity contribution in [2.45, 2.75) is 77.8 Å². The van der Waals surface area contributed by atoms with Crippen molar-refractivity contribution in [2.24, 2.45) is 17.8 Å². The van der Waals surface area contributed by atoms with Gasteiger partial charge in [0.1, 0.15) is 0 Å². The molecule has 0 N–H and O–H groups in total. The predicted octanol–water partition coefficient (Wildman–Crippen LogP) is 5.53. The van der Waals surface area contributed by atoms with Crippen LogP contribution in [0.15, 0.2) is 0 Å². The molecule has 2 atom stereocenters. The van der Waals surface area contributed by atoms with Crippen LogP contribution in [0, 0.1) is 30.1 Å². The summed E-state index contributed by atoms with van der Waals surface area (Å²) in [6, 6.07) is 0. The third-order valence-corrected chi connectivity index (χ3v) is 15.4. The first-order chi connectivity index (χ1) is 10.1. The maximum Gasteiger partial charge on any atom is 0.191 e. The van der Waals surface area contributed by atoms with E-state index in [0.717, 1.165) is 13.2 Å². The summed E-state index contributed by atoms with van der Waals surface area (Å²) in [6.07, 6.45) is 5.73. The van der Waals surface area contributed by atoms with E-state index in [0.29, 0.717) is 17.8 Å². The standard InChI is InChI=1S/C19H38O2Si2/c1-12-15-16(13-20-22(8,9)18(2,3)4)17(15)14-21-23(10,11)19(5,6)7/h1,15-17H,13-14H2,2-11H3. The Kier molecular flexibility index (Phi) is 6.08. The molecule has 0 aliphatic heterocycles. The van der Waals surface area contributed by atoms with Crippen LogP contribution in [-0.4, -0.2) is 29.8 Å². The smallest absolute Gasteiger partial charge is 0.191 e. The molecule has 1 aliphatic rings. The van der Waals surface area contributed by atoms with Crippen LogP contribution in [0.1, 0.15) is 41.5 Å². The van der Waals surface area contributed by atoms with Crippen molar-refractivity contribution in [1.29, 1.82) is 0 Å². The number of terminal acetylenes is 1. The molecule has 0 aromatic rings. The van der Waals surface area contributed by atoms with E-state index in [4.69, 9.17) is 15.3 Å². The summed E-state index contributed by atoms with van der Waals surface area (Å²) in [5.41, 5.74) is 0. The minimum absolute atomic E-state index is 0.251. The first kappa shape index (κ1) is 21.0. The van der Waals surface area contributed by atoms with E-state index in [-0.39, 0.29) is 10.1 Å². The van der Waals surface area contributed by atoms with E-state index >= 15 is 0 Å². The van der Waals surface area contributed by atoms with Crippen LogP contribution in [0.5, 0.6) is 0 Å². The predicted molar refractivity (Wildman–Crippen MR) is 106 cm³/mol. The number of rotatable bonds is 6. The van der Waals surface area contributed by atoms with Gasteiger partial charge in [0.25, 0.3) is 0 Å². The maximum absolute atomic E-state index is 6.38. The van der Waals surface area contributed by atoms with Crippen LogP contribution >= 0.6 is 0 Å². The lowest BCUT2D eigenvalue weighted by atomic mass is 10.2. The molecule has 0 amide bonds. The highest BCUT2D eigenvalue weighted by molar-refractivity contribution is 6.74. The molecule has 0 spiro atoms. The van der Waals surface area contributed by atoms with Crippen LogP contribution in [0.3, 0.4) is 0 Å². The van der Waals surface area contributed by atoms with Crippen LogP contribution in [0.25, 0.3) is 0 Å². The Bertz CT molecular complexity index is 413. The molecule has 1 saturated carbocycles. The Hall–Kier alpha value is -0.0862. The largest absolute Gasteiger partial charge is 0.416 e. The lowest BCUT2D eigenvalue weighted by molar-refractivity contribution is 0.233. The first-order valence-electron chi connectivity index (χ1n) is 8.88. The Balaban J connectivity index is 2.56. The fourth-order valence-corrected chi connectivity index (χ4v) is 4.27. The lowest BCUT2D eigenvalue weighted by Gasteiger charge is -2.36. The van der Waals surface area contributed by atoms with Crippen LogP contribution in [-0.2, 0) is 8.85 Å². The molecule has 4 heteroatoms. The zero-order valence-electron chi connectivity index (χ0n) is 17.0. The van der Waals surface area contributed by atoms with Gasteiger partial charge in [0.2, 0.25) is 0 Å². The fraction of sp³-hybridized carbons (Fsp3) is 0.895. The molecule has 0 radical (unpaired) electrons. The van der Waals surface area contributed by atoms with Gasteiger partial charge in [-0.25, -0.2) is 0 Å². The minimum Gasteiger partial charge on any atom is -0.416 e. The zero-order chi connectivity index (χ0) is 18.3. The van der Waals surface area contributed by atoms with E-state index in [1.807, 2.05) is 0 Å². The zero-order valence-corrected chi connectivity index (χ0v) is 19.0. The molecular formula is C19H38O2Si2. The summed E-state index contributed by atoms with van der Waals surface area (Å²) in [7, 11) is -3.38. The topological polar surface area (TPSA) is 18.5 Å². The summed E-state index contributed by atoms with van der Waals surface area (Å²) in [5, 5.41) is 0.501. The average Bonchev–Trinajstić information content (AvgIpc) is 3.03. The van der Waals surface area contributed by atoms with Crippen LogP contribution in [0.2, 0.25) is 36.3 Å². The van der Waals surface area contributed by atoms with Gasteiger partial charge < -0.3 is 8.85 Å². The second kappa shape index (κ2) is 6.67. The normalized spacial score (nSPS) is 26.0. The Morgan fingerprint density at radius 1 is 0.783 bits per heavy atom. The monoisotopic (exact) mass is 354 g/mol. The van der Waals surface area contributed by atoms with Crippen LogP contribution < -0.4 is 0 Å². The van der Waals surface area contributed by atoms with E-state index in [2.05, 4.69) is 73.7 Å². The van der Waals surface area contributed by atoms with Gasteiger partial charge in [0, 0.05) is 31.0 Å².